The molecule has 6 nitrogen and oxygen atoms in total. The molecule has 0 radical (unpaired) electrons. The number of aromatic nitrogens is 2. The Balaban J connectivity index is 1.58. The fourth-order valence-electron chi connectivity index (χ4n) is 4.60. The van der Waals surface area contributed by atoms with Crippen molar-refractivity contribution in [2.24, 2.45) is 0 Å². The first-order chi connectivity index (χ1) is 15.1. The Labute approximate surface area is 189 Å². The highest BCUT2D eigenvalue weighted by Gasteiger charge is 2.39. The molecule has 2 aromatic carbocycles. The second-order valence-corrected chi connectivity index (χ2v) is 9.83. The van der Waals surface area contributed by atoms with Crippen LogP contribution in [0.1, 0.15) is 50.1 Å². The van der Waals surface area contributed by atoms with Crippen molar-refractivity contribution in [1.82, 2.24) is 14.5 Å². The Morgan fingerprint density at radius 2 is 1.81 bits per heavy atom. The minimum atomic E-state index is -0.707. The average Bonchev–Trinajstić information content (AvgIpc) is 3.28. The average molecular weight is 436 g/mol. The number of rotatable bonds is 6. The van der Waals surface area contributed by atoms with Gasteiger partial charge in [0, 0.05) is 24.4 Å². The molecule has 1 fully saturated rings. The monoisotopic (exact) mass is 435 g/mol. The Hall–Kier alpha value is -2.86. The third-order valence-electron chi connectivity index (χ3n) is 6.21. The van der Waals surface area contributed by atoms with Crippen molar-refractivity contribution >= 4 is 16.9 Å². The van der Waals surface area contributed by atoms with Gasteiger partial charge in [0.2, 0.25) is 5.91 Å². The molecule has 6 heteroatoms. The second-order valence-electron chi connectivity index (χ2n) is 9.83. The molecule has 3 aromatic rings. The number of carbonyl (C=O) groups is 1. The van der Waals surface area contributed by atoms with Gasteiger partial charge in [-0.2, -0.15) is 0 Å². The fourth-order valence-corrected chi connectivity index (χ4v) is 4.60. The minimum absolute atomic E-state index is 0.000792. The highest BCUT2D eigenvalue weighted by atomic mass is 16.5. The first-order valence-corrected chi connectivity index (χ1v) is 11.3. The van der Waals surface area contributed by atoms with Crippen LogP contribution in [0.25, 0.3) is 11.0 Å². The van der Waals surface area contributed by atoms with Gasteiger partial charge in [-0.1, -0.05) is 30.3 Å². The van der Waals surface area contributed by atoms with E-state index >= 15 is 0 Å². The molecular formula is C26H33N3O3. The summed E-state index contributed by atoms with van der Waals surface area (Å²) in [5.41, 5.74) is 3.74. The lowest BCUT2D eigenvalue weighted by molar-refractivity contribution is -0.131. The summed E-state index contributed by atoms with van der Waals surface area (Å²) in [6.45, 7) is 11.4. The van der Waals surface area contributed by atoms with Crippen molar-refractivity contribution in [3.05, 3.63) is 59.4 Å². The van der Waals surface area contributed by atoms with Gasteiger partial charge < -0.3 is 19.3 Å². The topological polar surface area (TPSA) is 67.6 Å². The van der Waals surface area contributed by atoms with E-state index in [1.807, 2.05) is 61.2 Å². The zero-order chi connectivity index (χ0) is 23.0. The number of aliphatic hydroxyl groups excluding tert-OH is 1. The summed E-state index contributed by atoms with van der Waals surface area (Å²) >= 11 is 0. The van der Waals surface area contributed by atoms with Crippen LogP contribution in [0, 0.1) is 13.8 Å². The number of amides is 1. The fraction of sp³-hybridized carbons (Fsp3) is 0.462. The molecule has 2 heterocycles. The number of nitrogens with zero attached hydrogens (tertiary/aromatic N) is 3. The van der Waals surface area contributed by atoms with Crippen molar-refractivity contribution in [3.63, 3.8) is 0 Å². The van der Waals surface area contributed by atoms with E-state index in [1.165, 1.54) is 0 Å². The Morgan fingerprint density at radius 1 is 1.12 bits per heavy atom. The van der Waals surface area contributed by atoms with E-state index in [-0.39, 0.29) is 24.0 Å². The van der Waals surface area contributed by atoms with Crippen LogP contribution in [-0.2, 0) is 11.3 Å². The molecule has 0 saturated carbocycles. The van der Waals surface area contributed by atoms with E-state index in [9.17, 15) is 9.90 Å². The Morgan fingerprint density at radius 3 is 2.47 bits per heavy atom. The number of para-hydroxylation sites is 3. The van der Waals surface area contributed by atoms with Crippen LogP contribution in [0.2, 0.25) is 0 Å². The lowest BCUT2D eigenvalue weighted by Gasteiger charge is -2.32. The largest absolute Gasteiger partial charge is 0.490 e. The molecule has 0 spiro atoms. The molecule has 2 atom stereocenters. The van der Waals surface area contributed by atoms with Gasteiger partial charge in [-0.25, -0.2) is 4.98 Å². The quantitative estimate of drug-likeness (QED) is 0.630. The van der Waals surface area contributed by atoms with Gasteiger partial charge >= 0.3 is 0 Å². The summed E-state index contributed by atoms with van der Waals surface area (Å²) < 4.78 is 8.06. The van der Waals surface area contributed by atoms with Crippen LogP contribution >= 0.6 is 0 Å². The van der Waals surface area contributed by atoms with E-state index in [2.05, 4.69) is 25.3 Å². The van der Waals surface area contributed by atoms with Gasteiger partial charge in [-0.3, -0.25) is 4.79 Å². The highest BCUT2D eigenvalue weighted by Crippen LogP contribution is 2.34. The molecule has 4 rings (SSSR count). The number of benzene rings is 2. The molecule has 1 aliphatic rings. The predicted octanol–water partition coefficient (Wildman–Crippen LogP) is 4.21. The first-order valence-electron chi connectivity index (χ1n) is 11.3. The molecule has 0 unspecified atom stereocenters. The van der Waals surface area contributed by atoms with E-state index in [1.54, 1.807) is 0 Å². The van der Waals surface area contributed by atoms with E-state index in [0.717, 1.165) is 33.7 Å². The van der Waals surface area contributed by atoms with Crippen molar-refractivity contribution < 1.29 is 14.6 Å². The lowest BCUT2D eigenvalue weighted by Crippen LogP contribution is -2.42. The van der Waals surface area contributed by atoms with Gasteiger partial charge in [0.05, 0.1) is 17.6 Å². The molecule has 32 heavy (non-hydrogen) atoms. The maximum Gasteiger partial charge on any atom is 0.223 e. The van der Waals surface area contributed by atoms with Crippen LogP contribution in [0.4, 0.5) is 0 Å². The van der Waals surface area contributed by atoms with Gasteiger partial charge in [0.15, 0.2) is 0 Å². The Bertz CT molecular complexity index is 1110. The normalized spacial score (nSPS) is 17.9. The number of fused-ring (bicyclic) bond motifs is 1. The van der Waals surface area contributed by atoms with E-state index < -0.39 is 6.10 Å². The number of imidazole rings is 1. The van der Waals surface area contributed by atoms with Crippen LogP contribution in [-0.4, -0.2) is 50.3 Å². The number of carbonyl (C=O) groups excluding carboxylic acids is 1. The lowest BCUT2D eigenvalue weighted by atomic mass is 10.1. The van der Waals surface area contributed by atoms with Crippen LogP contribution in [0.15, 0.2) is 42.5 Å². The van der Waals surface area contributed by atoms with Gasteiger partial charge in [0.1, 0.15) is 24.3 Å². The summed E-state index contributed by atoms with van der Waals surface area (Å²) in [5, 5.41) is 10.9. The van der Waals surface area contributed by atoms with Crippen molar-refractivity contribution in [3.8, 4) is 5.75 Å². The number of hydrogen-bond acceptors (Lipinski definition) is 4. The molecule has 170 valence electrons. The zero-order valence-electron chi connectivity index (χ0n) is 19.6. The molecule has 0 bridgehead atoms. The SMILES string of the molecule is Cc1cccc(C)c1OC[C@H](O)Cn1c([C@H]2CC(=O)N(C(C)(C)C)C2)nc2ccccc21. The minimum Gasteiger partial charge on any atom is -0.490 e. The first kappa shape index (κ1) is 22.3. The molecule has 1 aliphatic heterocycles. The number of ether oxygens (including phenoxy) is 1. The summed E-state index contributed by atoms with van der Waals surface area (Å²) in [4.78, 5) is 19.5. The summed E-state index contributed by atoms with van der Waals surface area (Å²) in [5.74, 6) is 1.84. The molecule has 1 saturated heterocycles. The summed E-state index contributed by atoms with van der Waals surface area (Å²) in [7, 11) is 0. The van der Waals surface area contributed by atoms with Crippen molar-refractivity contribution in [2.45, 2.75) is 65.1 Å². The number of aryl methyl sites for hydroxylation is 2. The van der Waals surface area contributed by atoms with Gasteiger partial charge in [-0.15, -0.1) is 0 Å². The van der Waals surface area contributed by atoms with Crippen LogP contribution < -0.4 is 4.74 Å². The second kappa shape index (κ2) is 8.58. The van der Waals surface area contributed by atoms with Gasteiger partial charge in [-0.05, 0) is 57.9 Å². The van der Waals surface area contributed by atoms with E-state index in [4.69, 9.17) is 9.72 Å². The molecular weight excluding hydrogens is 402 g/mol. The number of hydrogen-bond donors (Lipinski definition) is 1. The van der Waals surface area contributed by atoms with Crippen molar-refractivity contribution in [2.75, 3.05) is 13.2 Å². The van der Waals surface area contributed by atoms with Crippen molar-refractivity contribution in [1.29, 1.82) is 0 Å². The molecule has 0 aliphatic carbocycles. The molecule has 1 aromatic heterocycles. The number of likely N-dealkylation sites (tertiary alicyclic amines) is 1. The Kier molecular flexibility index (Phi) is 5.99. The third-order valence-corrected chi connectivity index (χ3v) is 6.21. The third kappa shape index (κ3) is 4.37. The highest BCUT2D eigenvalue weighted by molar-refractivity contribution is 5.81. The zero-order valence-corrected chi connectivity index (χ0v) is 19.6. The van der Waals surface area contributed by atoms with Gasteiger partial charge in [0.25, 0.3) is 0 Å². The predicted molar refractivity (Wildman–Crippen MR) is 126 cm³/mol. The molecule has 1 amide bonds. The summed E-state index contributed by atoms with van der Waals surface area (Å²) in [6.07, 6.45) is -0.267. The van der Waals surface area contributed by atoms with E-state index in [0.29, 0.717) is 19.5 Å². The number of aliphatic hydroxyl groups is 1. The summed E-state index contributed by atoms with van der Waals surface area (Å²) in [6, 6.07) is 14.0. The molecule has 1 N–H and O–H groups in total. The standard InChI is InChI=1S/C26H33N3O3/c1-17-9-8-10-18(2)24(17)32-16-20(30)15-28-22-12-7-6-11-21(22)27-25(28)19-13-23(31)29(14-19)26(3,4)5/h6-12,19-20,30H,13-16H2,1-5H3/t19-,20+/m0/s1. The van der Waals surface area contributed by atoms with Crippen LogP contribution in [0.3, 0.4) is 0 Å². The smallest absolute Gasteiger partial charge is 0.223 e. The van der Waals surface area contributed by atoms with Crippen LogP contribution in [0.5, 0.6) is 5.75 Å². The maximum atomic E-state index is 12.7. The maximum absolute atomic E-state index is 12.7.